The molecule has 0 unspecified atom stereocenters. The maximum Gasteiger partial charge on any atom is -0.00761 e. The van der Waals surface area contributed by atoms with Crippen LogP contribution >= 0.6 is 0 Å². The molecule has 0 aliphatic heterocycles. The van der Waals surface area contributed by atoms with E-state index in [0.29, 0.717) is 5.41 Å². The second-order valence-electron chi connectivity index (χ2n) is 8.09. The van der Waals surface area contributed by atoms with Crippen LogP contribution in [0.1, 0.15) is 63.4 Å². The molecule has 0 nitrogen and oxygen atoms in total. The van der Waals surface area contributed by atoms with Crippen molar-refractivity contribution in [1.29, 1.82) is 0 Å². The van der Waals surface area contributed by atoms with Crippen LogP contribution in [0.4, 0.5) is 0 Å². The quantitative estimate of drug-likeness (QED) is 0.546. The lowest BCUT2D eigenvalue weighted by Gasteiger charge is -2.37. The molecule has 3 aliphatic rings. The summed E-state index contributed by atoms with van der Waals surface area (Å²) in [6.45, 7) is 0. The van der Waals surface area contributed by atoms with E-state index in [4.69, 9.17) is 0 Å². The lowest BCUT2D eigenvalue weighted by molar-refractivity contribution is 0.245. The zero-order valence-electron chi connectivity index (χ0n) is 14.0. The van der Waals surface area contributed by atoms with Crippen LogP contribution in [0.15, 0.2) is 48.0 Å². The predicted octanol–water partition coefficient (Wildman–Crippen LogP) is 6.75. The maximum absolute atomic E-state index is 2.47. The van der Waals surface area contributed by atoms with E-state index < -0.39 is 0 Å². The number of hydrogen-bond donors (Lipinski definition) is 0. The van der Waals surface area contributed by atoms with Gasteiger partial charge in [-0.25, -0.2) is 0 Å². The van der Waals surface area contributed by atoms with Gasteiger partial charge in [-0.2, -0.15) is 0 Å². The Morgan fingerprint density at radius 2 is 1.65 bits per heavy atom. The van der Waals surface area contributed by atoms with Gasteiger partial charge < -0.3 is 0 Å². The zero-order valence-corrected chi connectivity index (χ0v) is 14.0. The van der Waals surface area contributed by atoms with Crippen LogP contribution in [0.25, 0.3) is 16.3 Å². The van der Waals surface area contributed by atoms with Crippen molar-refractivity contribution in [2.45, 2.75) is 57.8 Å². The Hall–Kier alpha value is -1.56. The van der Waals surface area contributed by atoms with Crippen molar-refractivity contribution in [2.75, 3.05) is 0 Å². The summed E-state index contributed by atoms with van der Waals surface area (Å²) in [4.78, 5) is 0. The summed E-state index contributed by atoms with van der Waals surface area (Å²) >= 11 is 0. The third-order valence-electron chi connectivity index (χ3n) is 6.86. The molecule has 118 valence electrons. The zero-order chi connectivity index (χ0) is 15.3. The molecule has 0 heterocycles. The van der Waals surface area contributed by atoms with Gasteiger partial charge in [-0.05, 0) is 77.8 Å². The second-order valence-corrected chi connectivity index (χ2v) is 8.09. The third-order valence-corrected chi connectivity index (χ3v) is 6.86. The Morgan fingerprint density at radius 1 is 0.826 bits per heavy atom. The summed E-state index contributed by atoms with van der Waals surface area (Å²) in [6.07, 6.45) is 13.0. The first kappa shape index (κ1) is 13.8. The predicted molar refractivity (Wildman–Crippen MR) is 98.3 cm³/mol. The first-order chi connectivity index (χ1) is 11.4. The van der Waals surface area contributed by atoms with E-state index >= 15 is 0 Å². The van der Waals surface area contributed by atoms with Crippen molar-refractivity contribution in [2.24, 2.45) is 11.3 Å². The minimum absolute atomic E-state index is 0.598. The minimum atomic E-state index is 0.598. The number of rotatable bonds is 1. The van der Waals surface area contributed by atoms with Crippen LogP contribution in [0, 0.1) is 11.3 Å². The highest BCUT2D eigenvalue weighted by atomic mass is 14.5. The van der Waals surface area contributed by atoms with E-state index in [1.165, 1.54) is 74.1 Å². The van der Waals surface area contributed by atoms with Crippen molar-refractivity contribution in [3.63, 3.8) is 0 Å². The molecule has 0 radical (unpaired) electrons. The maximum atomic E-state index is 2.47. The molecule has 2 saturated carbocycles. The molecular formula is C23H26. The first-order valence-corrected chi connectivity index (χ1v) is 9.58. The molecule has 0 heteroatoms. The van der Waals surface area contributed by atoms with Gasteiger partial charge >= 0.3 is 0 Å². The highest BCUT2D eigenvalue weighted by molar-refractivity contribution is 5.87. The smallest absolute Gasteiger partial charge is 0.00761 e. The summed E-state index contributed by atoms with van der Waals surface area (Å²) in [5.41, 5.74) is 5.79. The molecule has 23 heavy (non-hydrogen) atoms. The van der Waals surface area contributed by atoms with Crippen molar-refractivity contribution >= 4 is 16.3 Å². The SMILES string of the molecule is c1ccc2cc(C3=C4CCCC[C@]45CCCC[C@H]3C5)ccc2c1. The molecule has 1 spiro atoms. The van der Waals surface area contributed by atoms with Gasteiger partial charge in [0.1, 0.15) is 0 Å². The molecule has 3 aliphatic carbocycles. The average Bonchev–Trinajstić information content (AvgIpc) is 2.77. The average molecular weight is 302 g/mol. The molecule has 5 rings (SSSR count). The van der Waals surface area contributed by atoms with Gasteiger partial charge in [0.05, 0.1) is 0 Å². The topological polar surface area (TPSA) is 0 Å². The number of hydrogen-bond acceptors (Lipinski definition) is 0. The summed E-state index contributed by atoms with van der Waals surface area (Å²) in [6, 6.07) is 16.0. The van der Waals surface area contributed by atoms with Crippen LogP contribution < -0.4 is 0 Å². The molecule has 2 fully saturated rings. The first-order valence-electron chi connectivity index (χ1n) is 9.58. The van der Waals surface area contributed by atoms with Gasteiger partial charge in [-0.3, -0.25) is 0 Å². The van der Waals surface area contributed by atoms with Crippen molar-refractivity contribution in [1.82, 2.24) is 0 Å². The normalized spacial score (nSPS) is 30.3. The van der Waals surface area contributed by atoms with E-state index in [9.17, 15) is 0 Å². The van der Waals surface area contributed by atoms with E-state index in [2.05, 4.69) is 42.5 Å². The molecule has 2 bridgehead atoms. The summed E-state index contributed by atoms with van der Waals surface area (Å²) < 4.78 is 0. The van der Waals surface area contributed by atoms with E-state index in [1.807, 2.05) is 5.57 Å². The summed E-state index contributed by atoms with van der Waals surface area (Å²) in [7, 11) is 0. The minimum Gasteiger partial charge on any atom is -0.0616 e. The number of benzene rings is 2. The molecule has 0 amide bonds. The monoisotopic (exact) mass is 302 g/mol. The highest BCUT2D eigenvalue weighted by Crippen LogP contribution is 2.61. The van der Waals surface area contributed by atoms with Crippen molar-refractivity contribution in [3.05, 3.63) is 53.6 Å². The van der Waals surface area contributed by atoms with Crippen molar-refractivity contribution in [3.8, 4) is 0 Å². The van der Waals surface area contributed by atoms with Gasteiger partial charge in [0.15, 0.2) is 0 Å². The molecule has 0 aromatic heterocycles. The fourth-order valence-electron chi connectivity index (χ4n) is 5.89. The molecule has 0 saturated heterocycles. The fraction of sp³-hybridized carbons (Fsp3) is 0.478. The Labute approximate surface area is 139 Å². The third kappa shape index (κ3) is 2.11. The van der Waals surface area contributed by atoms with Crippen LogP contribution in [0.3, 0.4) is 0 Å². The van der Waals surface area contributed by atoms with E-state index in [0.717, 1.165) is 5.92 Å². The lowest BCUT2D eigenvalue weighted by atomic mass is 9.68. The van der Waals surface area contributed by atoms with Crippen LogP contribution in [0.5, 0.6) is 0 Å². The fourth-order valence-corrected chi connectivity index (χ4v) is 5.89. The van der Waals surface area contributed by atoms with Crippen LogP contribution in [0.2, 0.25) is 0 Å². The van der Waals surface area contributed by atoms with Crippen LogP contribution in [-0.4, -0.2) is 0 Å². The Morgan fingerprint density at radius 3 is 2.57 bits per heavy atom. The second kappa shape index (κ2) is 5.23. The molecule has 2 aromatic carbocycles. The van der Waals surface area contributed by atoms with Gasteiger partial charge in [0.2, 0.25) is 0 Å². The van der Waals surface area contributed by atoms with Crippen LogP contribution in [-0.2, 0) is 0 Å². The summed E-state index contributed by atoms with van der Waals surface area (Å²) in [5, 5.41) is 2.78. The standard InChI is InChI=1S/C23H26/c1-2-8-18-15-19(12-11-17(18)7-1)22-20-9-3-5-13-23(16-20)14-6-4-10-21(22)23/h1-2,7-8,11-12,15,20H,3-6,9-10,13-14,16H2/t20-,23-/m0/s1. The number of fused-ring (bicyclic) bond motifs is 2. The number of allylic oxidation sites excluding steroid dienone is 2. The molecule has 2 aromatic rings. The Kier molecular flexibility index (Phi) is 3.15. The lowest BCUT2D eigenvalue weighted by Crippen LogP contribution is -2.23. The van der Waals surface area contributed by atoms with E-state index in [-0.39, 0.29) is 0 Å². The largest absolute Gasteiger partial charge is 0.0616 e. The Balaban J connectivity index is 1.69. The highest BCUT2D eigenvalue weighted by Gasteiger charge is 2.47. The van der Waals surface area contributed by atoms with Gasteiger partial charge in [-0.1, -0.05) is 61.2 Å². The summed E-state index contributed by atoms with van der Waals surface area (Å²) in [5.74, 6) is 0.840. The van der Waals surface area contributed by atoms with Gasteiger partial charge in [0.25, 0.3) is 0 Å². The molecular weight excluding hydrogens is 276 g/mol. The van der Waals surface area contributed by atoms with Gasteiger partial charge in [0, 0.05) is 0 Å². The van der Waals surface area contributed by atoms with Crippen molar-refractivity contribution < 1.29 is 0 Å². The van der Waals surface area contributed by atoms with E-state index in [1.54, 1.807) is 5.57 Å². The van der Waals surface area contributed by atoms with Gasteiger partial charge in [-0.15, -0.1) is 0 Å². The Bertz CT molecular complexity index is 781. The molecule has 0 N–H and O–H groups in total. The molecule has 2 atom stereocenters.